The average Bonchev–Trinajstić information content (AvgIpc) is 2.63. The predicted octanol–water partition coefficient (Wildman–Crippen LogP) is 1.61. The van der Waals surface area contributed by atoms with E-state index in [1.165, 1.54) is 6.07 Å². The maximum Gasteiger partial charge on any atom is 0.280 e. The summed E-state index contributed by atoms with van der Waals surface area (Å²) in [4.78, 5) is 36.8. The number of para-hydroxylation sites is 1. The van der Waals surface area contributed by atoms with Crippen molar-refractivity contribution in [2.75, 3.05) is 0 Å². The topological polar surface area (TPSA) is 158 Å². The van der Waals surface area contributed by atoms with Crippen molar-refractivity contribution in [3.8, 4) is 11.5 Å². The Labute approximate surface area is 150 Å². The maximum atomic E-state index is 12.2. The van der Waals surface area contributed by atoms with Crippen LogP contribution in [0.4, 0.5) is 5.69 Å². The number of amides is 1. The summed E-state index contributed by atoms with van der Waals surface area (Å²) in [5.74, 6) is -1.77. The van der Waals surface area contributed by atoms with Gasteiger partial charge in [0, 0.05) is 23.1 Å². The molecule has 1 amide bonds. The fourth-order valence-electron chi connectivity index (χ4n) is 2.41. The Hall–Kier alpha value is -4.21. The molecule has 0 fully saturated rings. The van der Waals surface area contributed by atoms with Gasteiger partial charge in [-0.1, -0.05) is 12.1 Å². The summed E-state index contributed by atoms with van der Waals surface area (Å²) >= 11 is 0. The lowest BCUT2D eigenvalue weighted by Gasteiger charge is -2.06. The zero-order valence-electron chi connectivity index (χ0n) is 13.5. The predicted molar refractivity (Wildman–Crippen MR) is 96.1 cm³/mol. The van der Waals surface area contributed by atoms with Gasteiger partial charge in [-0.25, -0.2) is 5.43 Å². The highest BCUT2D eigenvalue weighted by Crippen LogP contribution is 2.24. The van der Waals surface area contributed by atoms with Crippen LogP contribution in [0.1, 0.15) is 15.9 Å². The summed E-state index contributed by atoms with van der Waals surface area (Å²) in [6, 6.07) is 9.67. The van der Waals surface area contributed by atoms with E-state index in [0.717, 1.165) is 24.4 Å². The van der Waals surface area contributed by atoms with Gasteiger partial charge in [0.05, 0.1) is 16.7 Å². The summed E-state index contributed by atoms with van der Waals surface area (Å²) in [5.41, 5.74) is 0.774. The third kappa shape index (κ3) is 3.44. The van der Waals surface area contributed by atoms with Gasteiger partial charge in [-0.15, -0.1) is 0 Å². The fraction of sp³-hybridized carbons (Fsp3) is 0. The van der Waals surface area contributed by atoms with Gasteiger partial charge in [-0.05, 0) is 18.2 Å². The van der Waals surface area contributed by atoms with Crippen LogP contribution in [0.25, 0.3) is 10.9 Å². The van der Waals surface area contributed by atoms with Crippen molar-refractivity contribution >= 4 is 28.7 Å². The molecular formula is C17H12N4O6. The molecule has 4 N–H and O–H groups in total. The molecule has 0 radical (unpaired) electrons. The number of hydrazone groups is 1. The number of carbonyl (C=O) groups is 1. The largest absolute Gasteiger partial charge is 0.507 e. The summed E-state index contributed by atoms with van der Waals surface area (Å²) in [6.45, 7) is 0. The maximum absolute atomic E-state index is 12.2. The SMILES string of the molecule is O=C(N/N=C/c1cc([N+](=O)[O-])ccc1O)c1c(O)c2ccccc2[nH]c1=O. The number of benzene rings is 2. The first-order chi connectivity index (χ1) is 12.9. The molecule has 3 aromatic rings. The van der Waals surface area contributed by atoms with Crippen molar-refractivity contribution in [1.82, 2.24) is 10.4 Å². The van der Waals surface area contributed by atoms with Gasteiger partial charge in [0.2, 0.25) is 0 Å². The van der Waals surface area contributed by atoms with Crippen molar-refractivity contribution in [2.45, 2.75) is 0 Å². The number of phenolic OH excluding ortho intramolecular Hbond substituents is 1. The van der Waals surface area contributed by atoms with Crippen LogP contribution >= 0.6 is 0 Å². The molecule has 0 saturated heterocycles. The number of nitro benzene ring substituents is 1. The number of aromatic nitrogens is 1. The quantitative estimate of drug-likeness (QED) is 0.311. The monoisotopic (exact) mass is 368 g/mol. The van der Waals surface area contributed by atoms with Gasteiger partial charge < -0.3 is 15.2 Å². The third-order valence-electron chi connectivity index (χ3n) is 3.71. The lowest BCUT2D eigenvalue weighted by molar-refractivity contribution is -0.384. The molecule has 1 heterocycles. The highest BCUT2D eigenvalue weighted by Gasteiger charge is 2.18. The van der Waals surface area contributed by atoms with Crippen LogP contribution in [0.15, 0.2) is 52.4 Å². The van der Waals surface area contributed by atoms with E-state index in [2.05, 4.69) is 10.1 Å². The first-order valence-electron chi connectivity index (χ1n) is 7.53. The van der Waals surface area contributed by atoms with Crippen molar-refractivity contribution in [3.05, 3.63) is 74.1 Å². The van der Waals surface area contributed by atoms with Crippen molar-refractivity contribution in [2.24, 2.45) is 5.10 Å². The molecule has 0 atom stereocenters. The van der Waals surface area contributed by atoms with Crippen LogP contribution in [0.5, 0.6) is 11.5 Å². The van der Waals surface area contributed by atoms with E-state index >= 15 is 0 Å². The normalized spacial score (nSPS) is 11.0. The lowest BCUT2D eigenvalue weighted by atomic mass is 10.1. The molecular weight excluding hydrogens is 356 g/mol. The molecule has 27 heavy (non-hydrogen) atoms. The van der Waals surface area contributed by atoms with Crippen molar-refractivity contribution in [1.29, 1.82) is 0 Å². The number of nitrogens with one attached hydrogen (secondary N) is 2. The summed E-state index contributed by atoms with van der Waals surface area (Å²) < 4.78 is 0. The number of hydrogen-bond acceptors (Lipinski definition) is 7. The number of fused-ring (bicyclic) bond motifs is 1. The second-order valence-corrected chi connectivity index (χ2v) is 5.42. The second kappa shape index (κ2) is 6.96. The molecule has 0 aliphatic heterocycles. The molecule has 10 heteroatoms. The van der Waals surface area contributed by atoms with Crippen molar-refractivity contribution in [3.63, 3.8) is 0 Å². The summed E-state index contributed by atoms with van der Waals surface area (Å²) in [7, 11) is 0. The number of H-pyrrole nitrogens is 1. The van der Waals surface area contributed by atoms with E-state index in [4.69, 9.17) is 0 Å². The number of nitro groups is 1. The number of rotatable bonds is 4. The molecule has 3 rings (SSSR count). The van der Waals surface area contributed by atoms with Gasteiger partial charge in [0.25, 0.3) is 17.2 Å². The van der Waals surface area contributed by atoms with Gasteiger partial charge in [0.1, 0.15) is 17.1 Å². The molecule has 1 aromatic heterocycles. The number of phenols is 1. The molecule has 136 valence electrons. The van der Waals surface area contributed by atoms with E-state index in [0.29, 0.717) is 5.52 Å². The first-order valence-corrected chi connectivity index (χ1v) is 7.53. The van der Waals surface area contributed by atoms with Crippen molar-refractivity contribution < 1.29 is 19.9 Å². The minimum Gasteiger partial charge on any atom is -0.507 e. The Morgan fingerprint density at radius 3 is 2.70 bits per heavy atom. The molecule has 0 bridgehead atoms. The Kier molecular flexibility index (Phi) is 4.54. The number of aromatic amines is 1. The smallest absolute Gasteiger partial charge is 0.280 e. The number of non-ortho nitro benzene ring substituents is 1. The molecule has 0 spiro atoms. The van der Waals surface area contributed by atoms with Gasteiger partial charge in [-0.3, -0.25) is 19.7 Å². The Morgan fingerprint density at radius 1 is 1.22 bits per heavy atom. The molecule has 10 nitrogen and oxygen atoms in total. The van der Waals surface area contributed by atoms with E-state index in [1.807, 2.05) is 5.43 Å². The van der Waals surface area contributed by atoms with Gasteiger partial charge in [-0.2, -0.15) is 5.10 Å². The zero-order chi connectivity index (χ0) is 19.6. The number of pyridine rings is 1. The molecule has 0 saturated carbocycles. The average molecular weight is 368 g/mol. The first kappa shape index (κ1) is 17.6. The standard InChI is InChI=1S/C17H12N4O6/c22-13-6-5-10(21(26)27)7-9(13)8-18-20-17(25)14-15(23)11-3-1-2-4-12(11)19-16(14)24/h1-8,22H,(H,20,25)(H2,19,23,24)/b18-8+. The fourth-order valence-corrected chi connectivity index (χ4v) is 2.41. The highest BCUT2D eigenvalue weighted by atomic mass is 16.6. The number of nitrogens with zero attached hydrogens (tertiary/aromatic N) is 2. The molecule has 0 aliphatic rings. The van der Waals surface area contributed by atoms with Crippen LogP contribution in [-0.4, -0.2) is 32.2 Å². The van der Waals surface area contributed by atoms with Crippen LogP contribution < -0.4 is 11.0 Å². The molecule has 0 unspecified atom stereocenters. The highest BCUT2D eigenvalue weighted by molar-refractivity contribution is 6.02. The summed E-state index contributed by atoms with van der Waals surface area (Å²) in [6.07, 6.45) is 0.979. The Morgan fingerprint density at radius 2 is 1.96 bits per heavy atom. The van der Waals surface area contributed by atoms with Gasteiger partial charge in [0.15, 0.2) is 0 Å². The molecule has 0 aliphatic carbocycles. The number of hydrogen-bond donors (Lipinski definition) is 4. The van der Waals surface area contributed by atoms with Crippen LogP contribution in [-0.2, 0) is 0 Å². The Balaban J connectivity index is 1.88. The lowest BCUT2D eigenvalue weighted by Crippen LogP contribution is -2.26. The number of carbonyl (C=O) groups excluding carboxylic acids is 1. The van der Waals surface area contributed by atoms with Gasteiger partial charge >= 0.3 is 0 Å². The third-order valence-corrected chi connectivity index (χ3v) is 3.71. The minimum absolute atomic E-state index is 0.0128. The van der Waals surface area contributed by atoms with E-state index in [1.54, 1.807) is 18.2 Å². The van der Waals surface area contributed by atoms with E-state index in [-0.39, 0.29) is 22.4 Å². The minimum atomic E-state index is -0.985. The van der Waals surface area contributed by atoms with Crippen LogP contribution in [0.3, 0.4) is 0 Å². The molecule has 2 aromatic carbocycles. The summed E-state index contributed by atoms with van der Waals surface area (Å²) in [5, 5.41) is 34.5. The number of aromatic hydroxyl groups is 2. The van der Waals surface area contributed by atoms with E-state index < -0.39 is 27.7 Å². The second-order valence-electron chi connectivity index (χ2n) is 5.42. The van der Waals surface area contributed by atoms with E-state index in [9.17, 15) is 29.9 Å². The zero-order valence-corrected chi connectivity index (χ0v) is 13.5. The van der Waals surface area contributed by atoms with Crippen LogP contribution in [0.2, 0.25) is 0 Å². The Bertz CT molecular complexity index is 1150. The van der Waals surface area contributed by atoms with Crippen LogP contribution in [0, 0.1) is 10.1 Å².